The summed E-state index contributed by atoms with van der Waals surface area (Å²) in [6.45, 7) is 3.08. The fourth-order valence-electron chi connectivity index (χ4n) is 4.46. The maximum absolute atomic E-state index is 13.8. The predicted octanol–water partition coefficient (Wildman–Crippen LogP) is 7.34. The molecule has 1 atom stereocenters. The summed E-state index contributed by atoms with van der Waals surface area (Å²) in [7, 11) is 0. The monoisotopic (exact) mass is 615 g/mol. The quantitative estimate of drug-likeness (QED) is 0.222. The second-order valence-electron chi connectivity index (χ2n) is 9.70. The van der Waals surface area contributed by atoms with Crippen LogP contribution in [0.15, 0.2) is 30.3 Å². The molecule has 1 fully saturated rings. The first-order valence-corrected chi connectivity index (χ1v) is 13.3. The van der Waals surface area contributed by atoms with Crippen LogP contribution in [0.2, 0.25) is 5.02 Å². The topological polar surface area (TPSA) is 103 Å². The molecule has 1 aliphatic rings. The van der Waals surface area contributed by atoms with Gasteiger partial charge in [-0.25, -0.2) is 4.98 Å². The molecule has 0 radical (unpaired) electrons. The highest BCUT2D eigenvalue weighted by Gasteiger charge is 2.43. The Morgan fingerprint density at radius 2 is 1.76 bits per heavy atom. The van der Waals surface area contributed by atoms with E-state index in [2.05, 4.69) is 15.4 Å². The second-order valence-corrected chi connectivity index (χ2v) is 11.1. The number of hydrogen-bond acceptors (Lipinski definition) is 5. The molecule has 2 amide bonds. The first-order chi connectivity index (χ1) is 19.1. The average molecular weight is 616 g/mol. The molecule has 3 heterocycles. The van der Waals surface area contributed by atoms with Crippen LogP contribution in [-0.2, 0) is 17.1 Å². The largest absolute Gasteiger partial charge is 0.436 e. The zero-order valence-electron chi connectivity index (χ0n) is 21.2. The number of pyridine rings is 1. The van der Waals surface area contributed by atoms with Crippen LogP contribution in [0.3, 0.4) is 0 Å². The lowest BCUT2D eigenvalue weighted by Gasteiger charge is -2.17. The minimum Gasteiger partial charge on any atom is -0.365 e. The van der Waals surface area contributed by atoms with E-state index in [0.717, 1.165) is 16.3 Å². The third-order valence-corrected chi connectivity index (χ3v) is 8.12. The highest BCUT2D eigenvalue weighted by atomic mass is 35.5. The number of primary amides is 1. The zero-order valence-corrected chi connectivity index (χ0v) is 22.8. The molecule has 0 saturated heterocycles. The van der Waals surface area contributed by atoms with Crippen LogP contribution >= 0.6 is 22.9 Å². The van der Waals surface area contributed by atoms with Gasteiger partial charge in [-0.3, -0.25) is 14.3 Å². The van der Waals surface area contributed by atoms with Crippen molar-refractivity contribution in [2.45, 2.75) is 51.0 Å². The number of halogens is 7. The fourth-order valence-corrected chi connectivity index (χ4v) is 5.86. The Labute approximate surface area is 237 Å². The summed E-state index contributed by atoms with van der Waals surface area (Å²) >= 11 is 6.60. The Bertz CT molecular complexity index is 1690. The van der Waals surface area contributed by atoms with Gasteiger partial charge in [-0.1, -0.05) is 41.4 Å². The van der Waals surface area contributed by atoms with Crippen molar-refractivity contribution in [1.29, 1.82) is 0 Å². The van der Waals surface area contributed by atoms with Crippen LogP contribution in [0.1, 0.15) is 64.0 Å². The minimum atomic E-state index is -4.87. The summed E-state index contributed by atoms with van der Waals surface area (Å²) in [4.78, 5) is 29.0. The number of nitrogens with two attached hydrogens (primary N) is 1. The number of rotatable bonds is 6. The van der Waals surface area contributed by atoms with Gasteiger partial charge in [-0.15, -0.1) is 11.3 Å². The van der Waals surface area contributed by atoms with Crippen LogP contribution in [0, 0.1) is 6.92 Å². The van der Waals surface area contributed by atoms with Gasteiger partial charge in [0.15, 0.2) is 5.69 Å². The maximum atomic E-state index is 13.8. The summed E-state index contributed by atoms with van der Waals surface area (Å²) in [5, 5.41) is 5.54. The van der Waals surface area contributed by atoms with Crippen LogP contribution < -0.4 is 11.1 Å². The van der Waals surface area contributed by atoms with E-state index in [4.69, 9.17) is 17.3 Å². The second kappa shape index (κ2) is 10.0. The molecule has 1 aliphatic carbocycles. The molecule has 41 heavy (non-hydrogen) atoms. The van der Waals surface area contributed by atoms with Crippen molar-refractivity contribution in [2.24, 2.45) is 5.73 Å². The lowest BCUT2D eigenvalue weighted by molar-refractivity contribution is -0.142. The normalized spacial score (nSPS) is 14.9. The number of aryl methyl sites for hydroxylation is 1. The number of carbonyl (C=O) groups is 2. The van der Waals surface area contributed by atoms with Crippen molar-refractivity contribution < 1.29 is 35.9 Å². The summed E-state index contributed by atoms with van der Waals surface area (Å²) in [6, 6.07) is 5.96. The summed E-state index contributed by atoms with van der Waals surface area (Å²) in [5.74, 6) is -2.25. The molecule has 216 valence electrons. The molecule has 1 unspecified atom stereocenters. The number of alkyl halides is 6. The fraction of sp³-hybridized carbons (Fsp3) is 0.308. The number of aromatic nitrogens is 3. The van der Waals surface area contributed by atoms with Gasteiger partial charge < -0.3 is 11.1 Å². The lowest BCUT2D eigenvalue weighted by atomic mass is 10.00. The Morgan fingerprint density at radius 3 is 2.29 bits per heavy atom. The summed E-state index contributed by atoms with van der Waals surface area (Å²) < 4.78 is 82.8. The Hall–Kier alpha value is -3.65. The number of carbonyl (C=O) groups excluding carboxylic acids is 2. The third-order valence-electron chi connectivity index (χ3n) is 6.65. The number of nitrogens with zero attached hydrogens (tertiary/aromatic N) is 3. The molecule has 15 heteroatoms. The number of anilines is 1. The van der Waals surface area contributed by atoms with Crippen LogP contribution in [0.25, 0.3) is 21.3 Å². The highest BCUT2D eigenvalue weighted by Crippen LogP contribution is 2.48. The number of amides is 2. The maximum Gasteiger partial charge on any atom is 0.436 e. The first kappa shape index (κ1) is 28.9. The van der Waals surface area contributed by atoms with E-state index in [1.165, 1.54) is 6.92 Å². The Kier molecular flexibility index (Phi) is 7.05. The van der Waals surface area contributed by atoms with Gasteiger partial charge >= 0.3 is 12.4 Å². The average Bonchev–Trinajstić information content (AvgIpc) is 3.55. The number of fused-ring (bicyclic) bond motifs is 1. The summed E-state index contributed by atoms with van der Waals surface area (Å²) in [5.41, 5.74) is 4.04. The van der Waals surface area contributed by atoms with Gasteiger partial charge in [-0.05, 0) is 43.9 Å². The van der Waals surface area contributed by atoms with Crippen LogP contribution in [0.5, 0.6) is 0 Å². The molecule has 0 aliphatic heterocycles. The van der Waals surface area contributed by atoms with E-state index in [1.807, 2.05) is 0 Å². The van der Waals surface area contributed by atoms with E-state index in [0.29, 0.717) is 29.7 Å². The molecule has 0 spiro atoms. The van der Waals surface area contributed by atoms with E-state index in [1.54, 1.807) is 31.2 Å². The van der Waals surface area contributed by atoms with E-state index in [-0.39, 0.29) is 38.0 Å². The molecule has 4 aromatic rings. The molecule has 1 aromatic carbocycles. The van der Waals surface area contributed by atoms with Crippen molar-refractivity contribution in [3.05, 3.63) is 62.9 Å². The van der Waals surface area contributed by atoms with Gasteiger partial charge in [0.25, 0.3) is 5.91 Å². The molecule has 3 N–H and O–H groups in total. The van der Waals surface area contributed by atoms with Gasteiger partial charge in [0.05, 0.1) is 16.4 Å². The van der Waals surface area contributed by atoms with Gasteiger partial charge in [0.2, 0.25) is 5.91 Å². The molecule has 5 rings (SSSR count). The standard InChI is InChI=1S/C26H20ClF6N5O2S/c1-10-3-5-12(6-4-10)14-9-15(25(28,29)30)35-24-16(14)18(20(41-24)22(34)39)36-23(40)11(2)38-19(13-7-8-13)17(27)21(37-38)26(31,32)33/h3-6,9,11,13H,7-8H2,1-2H3,(H2,34,39)(H,36,40). The van der Waals surface area contributed by atoms with E-state index < -0.39 is 46.6 Å². The van der Waals surface area contributed by atoms with Gasteiger partial charge in [-0.2, -0.15) is 31.4 Å². The van der Waals surface area contributed by atoms with Crippen molar-refractivity contribution in [3.63, 3.8) is 0 Å². The van der Waals surface area contributed by atoms with Crippen molar-refractivity contribution >= 4 is 50.7 Å². The molecular weight excluding hydrogens is 596 g/mol. The lowest BCUT2D eigenvalue weighted by Crippen LogP contribution is -2.27. The summed E-state index contributed by atoms with van der Waals surface area (Å²) in [6.07, 6.45) is -8.57. The van der Waals surface area contributed by atoms with Crippen molar-refractivity contribution in [1.82, 2.24) is 14.8 Å². The molecule has 3 aromatic heterocycles. The van der Waals surface area contributed by atoms with E-state index >= 15 is 0 Å². The number of benzene rings is 1. The molecule has 0 bridgehead atoms. The first-order valence-electron chi connectivity index (χ1n) is 12.2. The van der Waals surface area contributed by atoms with Crippen molar-refractivity contribution in [2.75, 3.05) is 5.32 Å². The number of thiophene rings is 1. The Morgan fingerprint density at radius 1 is 1.12 bits per heavy atom. The number of nitrogens with one attached hydrogen (secondary N) is 1. The predicted molar refractivity (Wildman–Crippen MR) is 141 cm³/mol. The third kappa shape index (κ3) is 5.37. The molecule has 7 nitrogen and oxygen atoms in total. The van der Waals surface area contributed by atoms with Crippen LogP contribution in [0.4, 0.5) is 32.0 Å². The number of hydrogen-bond donors (Lipinski definition) is 2. The SMILES string of the molecule is Cc1ccc(-c2cc(C(F)(F)F)nc3sc(C(N)=O)c(NC(=O)C(C)n4nc(C(F)(F)F)c(Cl)c4C4CC4)c23)cc1. The molecular formula is C26H20ClF6N5O2S. The smallest absolute Gasteiger partial charge is 0.365 e. The van der Waals surface area contributed by atoms with Crippen LogP contribution in [-0.4, -0.2) is 26.6 Å². The molecule has 1 saturated carbocycles. The van der Waals surface area contributed by atoms with E-state index in [9.17, 15) is 35.9 Å². The van der Waals surface area contributed by atoms with Crippen molar-refractivity contribution in [3.8, 4) is 11.1 Å². The zero-order chi connectivity index (χ0) is 30.0. The minimum absolute atomic E-state index is 0.0224. The highest BCUT2D eigenvalue weighted by molar-refractivity contribution is 7.21. The Balaban J connectivity index is 1.65. The van der Waals surface area contributed by atoms with Gasteiger partial charge in [0.1, 0.15) is 21.4 Å². The van der Waals surface area contributed by atoms with Gasteiger partial charge in [0, 0.05) is 11.3 Å².